The quantitative estimate of drug-likeness (QED) is 0.300. The lowest BCUT2D eigenvalue weighted by atomic mass is 9.96. The Balaban J connectivity index is 1.08. The van der Waals surface area contributed by atoms with Gasteiger partial charge in [0.2, 0.25) is 17.6 Å². The number of halogens is 1. The lowest BCUT2D eigenvalue weighted by Crippen LogP contribution is -2.37. The lowest BCUT2D eigenvalue weighted by Gasteiger charge is -2.30. The Bertz CT molecular complexity index is 1320. The summed E-state index contributed by atoms with van der Waals surface area (Å²) in [6, 6.07) is 25.2. The van der Waals surface area contributed by atoms with Crippen molar-refractivity contribution in [1.82, 2.24) is 15.0 Å². The van der Waals surface area contributed by atoms with Crippen molar-refractivity contribution in [3.8, 4) is 17.1 Å². The van der Waals surface area contributed by atoms with E-state index in [4.69, 9.17) is 20.9 Å². The van der Waals surface area contributed by atoms with Crippen LogP contribution in [0.15, 0.2) is 83.4 Å². The SMILES string of the molecule is O=C(Nc1cccc(OCCc2ccccc2)c1)C1CCN(Cc2nc(-c3ccccc3Cl)no2)CC1. The highest BCUT2D eigenvalue weighted by Crippen LogP contribution is 2.26. The molecule has 0 aliphatic carbocycles. The van der Waals surface area contributed by atoms with E-state index >= 15 is 0 Å². The average Bonchev–Trinajstić information content (AvgIpc) is 3.38. The van der Waals surface area contributed by atoms with Crippen molar-refractivity contribution in [2.75, 3.05) is 25.0 Å². The van der Waals surface area contributed by atoms with Crippen LogP contribution in [0, 0.1) is 5.92 Å². The Kier molecular flexibility index (Phi) is 8.13. The topological polar surface area (TPSA) is 80.5 Å². The molecule has 5 rings (SSSR count). The molecule has 1 aliphatic rings. The number of carbonyl (C=O) groups excluding carboxylic acids is 1. The Labute approximate surface area is 221 Å². The number of nitrogens with one attached hydrogen (secondary N) is 1. The normalized spacial score (nSPS) is 14.4. The standard InChI is InChI=1S/C29H29ClN4O3/c30-26-12-5-4-11-25(26)28-32-27(37-33-28)20-34-16-13-22(14-17-34)29(35)31-23-9-6-10-24(19-23)36-18-15-21-7-2-1-3-8-21/h1-12,19,22H,13-18,20H2,(H,31,35). The number of likely N-dealkylation sites (tertiary alicyclic amines) is 1. The summed E-state index contributed by atoms with van der Waals surface area (Å²) in [5.41, 5.74) is 2.74. The predicted octanol–water partition coefficient (Wildman–Crippen LogP) is 5.86. The highest BCUT2D eigenvalue weighted by molar-refractivity contribution is 6.33. The summed E-state index contributed by atoms with van der Waals surface area (Å²) in [5, 5.41) is 7.72. The molecule has 0 bridgehead atoms. The van der Waals surface area contributed by atoms with Gasteiger partial charge in [-0.1, -0.05) is 65.3 Å². The highest BCUT2D eigenvalue weighted by atomic mass is 35.5. The largest absolute Gasteiger partial charge is 0.493 e. The van der Waals surface area contributed by atoms with Crippen LogP contribution in [0.2, 0.25) is 5.02 Å². The molecular weight excluding hydrogens is 488 g/mol. The highest BCUT2D eigenvalue weighted by Gasteiger charge is 2.26. The van der Waals surface area contributed by atoms with Gasteiger partial charge in [0.05, 0.1) is 18.2 Å². The number of benzene rings is 3. The molecule has 190 valence electrons. The fourth-order valence-corrected chi connectivity index (χ4v) is 4.68. The Morgan fingerprint density at radius 2 is 1.81 bits per heavy atom. The summed E-state index contributed by atoms with van der Waals surface area (Å²) < 4.78 is 11.3. The number of aromatic nitrogens is 2. The maximum atomic E-state index is 12.9. The smallest absolute Gasteiger partial charge is 0.241 e. The Hall–Kier alpha value is -3.68. The molecule has 37 heavy (non-hydrogen) atoms. The van der Waals surface area contributed by atoms with E-state index in [1.165, 1.54) is 5.56 Å². The number of anilines is 1. The van der Waals surface area contributed by atoms with E-state index < -0.39 is 0 Å². The Morgan fingerprint density at radius 3 is 2.62 bits per heavy atom. The summed E-state index contributed by atoms with van der Waals surface area (Å²) >= 11 is 6.24. The van der Waals surface area contributed by atoms with Gasteiger partial charge in [0.1, 0.15) is 5.75 Å². The second-order valence-electron chi connectivity index (χ2n) is 9.14. The van der Waals surface area contributed by atoms with Gasteiger partial charge in [-0.25, -0.2) is 0 Å². The van der Waals surface area contributed by atoms with Crippen LogP contribution in [-0.2, 0) is 17.8 Å². The van der Waals surface area contributed by atoms with Crippen molar-refractivity contribution < 1.29 is 14.1 Å². The van der Waals surface area contributed by atoms with Gasteiger partial charge in [0.15, 0.2) is 0 Å². The number of rotatable bonds is 9. The zero-order chi connectivity index (χ0) is 25.5. The number of ether oxygens (including phenoxy) is 1. The van der Waals surface area contributed by atoms with Gasteiger partial charge >= 0.3 is 0 Å². The number of carbonyl (C=O) groups is 1. The van der Waals surface area contributed by atoms with Crippen molar-refractivity contribution in [3.63, 3.8) is 0 Å². The molecule has 4 aromatic rings. The monoisotopic (exact) mass is 516 g/mol. The van der Waals surface area contributed by atoms with E-state index in [2.05, 4.69) is 32.5 Å². The maximum Gasteiger partial charge on any atom is 0.241 e. The lowest BCUT2D eigenvalue weighted by molar-refractivity contribution is -0.121. The van der Waals surface area contributed by atoms with E-state index in [1.54, 1.807) is 6.07 Å². The minimum atomic E-state index is -0.0414. The summed E-state index contributed by atoms with van der Waals surface area (Å²) in [5.74, 6) is 1.78. The Morgan fingerprint density at radius 1 is 1.03 bits per heavy atom. The zero-order valence-corrected chi connectivity index (χ0v) is 21.2. The second-order valence-corrected chi connectivity index (χ2v) is 9.55. The van der Waals surface area contributed by atoms with Gasteiger partial charge in [-0.15, -0.1) is 0 Å². The van der Waals surface area contributed by atoms with Crippen LogP contribution >= 0.6 is 11.6 Å². The first-order valence-electron chi connectivity index (χ1n) is 12.5. The fraction of sp³-hybridized carbons (Fsp3) is 0.276. The molecule has 0 atom stereocenters. The molecule has 0 saturated carbocycles. The molecule has 3 aromatic carbocycles. The third-order valence-electron chi connectivity index (χ3n) is 6.50. The van der Waals surface area contributed by atoms with E-state index in [1.807, 2.05) is 60.7 Å². The molecule has 1 amide bonds. The van der Waals surface area contributed by atoms with Crippen LogP contribution in [0.3, 0.4) is 0 Å². The first kappa shape index (κ1) is 25.0. The predicted molar refractivity (Wildman–Crippen MR) is 143 cm³/mol. The molecule has 1 saturated heterocycles. The van der Waals surface area contributed by atoms with Crippen molar-refractivity contribution in [3.05, 3.63) is 95.3 Å². The summed E-state index contributed by atoms with van der Waals surface area (Å²) in [6.07, 6.45) is 2.37. The van der Waals surface area contributed by atoms with Gasteiger partial charge in [0.25, 0.3) is 0 Å². The van der Waals surface area contributed by atoms with Crippen LogP contribution in [0.4, 0.5) is 5.69 Å². The second kappa shape index (κ2) is 12.0. The summed E-state index contributed by atoms with van der Waals surface area (Å²) in [4.78, 5) is 19.6. The van der Waals surface area contributed by atoms with Crippen molar-refractivity contribution in [2.24, 2.45) is 5.92 Å². The maximum absolute atomic E-state index is 12.9. The number of amides is 1. The van der Waals surface area contributed by atoms with E-state index in [-0.39, 0.29) is 11.8 Å². The number of nitrogens with zero attached hydrogens (tertiary/aromatic N) is 3. The van der Waals surface area contributed by atoms with Crippen molar-refractivity contribution in [1.29, 1.82) is 0 Å². The minimum absolute atomic E-state index is 0.0414. The van der Waals surface area contributed by atoms with Crippen LogP contribution < -0.4 is 10.1 Å². The molecule has 1 aromatic heterocycles. The molecule has 1 N–H and O–H groups in total. The van der Waals surface area contributed by atoms with E-state index in [0.717, 1.165) is 49.4 Å². The first-order valence-corrected chi connectivity index (χ1v) is 12.9. The van der Waals surface area contributed by atoms with Crippen LogP contribution in [0.5, 0.6) is 5.75 Å². The molecule has 1 aliphatic heterocycles. The average molecular weight is 517 g/mol. The van der Waals surface area contributed by atoms with E-state index in [9.17, 15) is 4.79 Å². The molecule has 7 nitrogen and oxygen atoms in total. The summed E-state index contributed by atoms with van der Waals surface area (Å²) in [7, 11) is 0. The fourth-order valence-electron chi connectivity index (χ4n) is 4.45. The number of hydrogen-bond donors (Lipinski definition) is 1. The zero-order valence-electron chi connectivity index (χ0n) is 20.5. The molecule has 0 radical (unpaired) electrons. The van der Waals surface area contributed by atoms with Crippen LogP contribution in [0.1, 0.15) is 24.3 Å². The minimum Gasteiger partial charge on any atom is -0.493 e. The third-order valence-corrected chi connectivity index (χ3v) is 6.83. The van der Waals surface area contributed by atoms with Gasteiger partial charge in [-0.05, 0) is 55.8 Å². The number of piperidine rings is 1. The molecule has 8 heteroatoms. The molecule has 0 spiro atoms. The van der Waals surface area contributed by atoms with Gasteiger partial charge in [-0.2, -0.15) is 4.98 Å². The van der Waals surface area contributed by atoms with Crippen molar-refractivity contribution >= 4 is 23.2 Å². The molecule has 0 unspecified atom stereocenters. The molecular formula is C29H29ClN4O3. The molecule has 2 heterocycles. The van der Waals surface area contributed by atoms with E-state index in [0.29, 0.717) is 29.9 Å². The number of hydrogen-bond acceptors (Lipinski definition) is 6. The van der Waals surface area contributed by atoms with Crippen molar-refractivity contribution in [2.45, 2.75) is 25.8 Å². The van der Waals surface area contributed by atoms with Gasteiger partial charge < -0.3 is 14.6 Å². The first-order chi connectivity index (χ1) is 18.1. The third kappa shape index (κ3) is 6.76. The van der Waals surface area contributed by atoms with Crippen LogP contribution in [-0.4, -0.2) is 40.6 Å². The van der Waals surface area contributed by atoms with Gasteiger partial charge in [0, 0.05) is 29.7 Å². The molecule has 1 fully saturated rings. The van der Waals surface area contributed by atoms with Crippen LogP contribution in [0.25, 0.3) is 11.4 Å². The summed E-state index contributed by atoms with van der Waals surface area (Å²) in [6.45, 7) is 2.70. The van der Waals surface area contributed by atoms with Gasteiger partial charge in [-0.3, -0.25) is 9.69 Å².